The Kier molecular flexibility index (Phi) is 6.14. The average molecular weight is 356 g/mol. The zero-order valence-corrected chi connectivity index (χ0v) is 15.2. The minimum absolute atomic E-state index is 0.0517. The molecule has 1 aromatic heterocycles. The highest BCUT2D eigenvalue weighted by Crippen LogP contribution is 2.16. The molecular formula is C19H24N4O3. The van der Waals surface area contributed by atoms with Gasteiger partial charge in [-0.15, -0.1) is 0 Å². The van der Waals surface area contributed by atoms with Crippen LogP contribution in [0.3, 0.4) is 0 Å². The number of rotatable bonds is 6. The third-order valence-corrected chi connectivity index (χ3v) is 4.41. The Morgan fingerprint density at radius 3 is 2.50 bits per heavy atom. The quantitative estimate of drug-likeness (QED) is 0.783. The van der Waals surface area contributed by atoms with E-state index in [-0.39, 0.29) is 5.91 Å². The second kappa shape index (κ2) is 8.73. The Morgan fingerprint density at radius 1 is 1.12 bits per heavy atom. The van der Waals surface area contributed by atoms with Crippen LogP contribution >= 0.6 is 0 Å². The molecule has 7 heteroatoms. The van der Waals surface area contributed by atoms with E-state index in [1.54, 1.807) is 20.3 Å². The van der Waals surface area contributed by atoms with Gasteiger partial charge < -0.3 is 14.4 Å². The molecule has 2 aromatic rings. The summed E-state index contributed by atoms with van der Waals surface area (Å²) in [6.45, 7) is 4.28. The predicted octanol–water partition coefficient (Wildman–Crippen LogP) is 1.59. The van der Waals surface area contributed by atoms with Gasteiger partial charge in [0, 0.05) is 63.4 Å². The number of ether oxygens (including phenoxy) is 2. The first-order chi connectivity index (χ1) is 12.7. The average Bonchev–Trinajstić information content (AvgIpc) is 2.70. The molecule has 1 aliphatic rings. The van der Waals surface area contributed by atoms with E-state index in [2.05, 4.69) is 14.9 Å². The molecule has 1 saturated heterocycles. The highest BCUT2D eigenvalue weighted by atomic mass is 16.5. The summed E-state index contributed by atoms with van der Waals surface area (Å²) >= 11 is 0. The molecule has 1 aromatic carbocycles. The largest absolute Gasteiger partial charge is 0.497 e. The van der Waals surface area contributed by atoms with Crippen molar-refractivity contribution in [2.75, 3.05) is 40.4 Å². The van der Waals surface area contributed by atoms with Crippen molar-refractivity contribution < 1.29 is 14.3 Å². The van der Waals surface area contributed by atoms with Gasteiger partial charge in [0.15, 0.2) is 5.82 Å². The van der Waals surface area contributed by atoms with Gasteiger partial charge in [-0.05, 0) is 18.2 Å². The van der Waals surface area contributed by atoms with Gasteiger partial charge in [-0.2, -0.15) is 0 Å². The topological polar surface area (TPSA) is 67.8 Å². The lowest BCUT2D eigenvalue weighted by Gasteiger charge is -2.34. The van der Waals surface area contributed by atoms with Gasteiger partial charge in [-0.3, -0.25) is 9.69 Å². The summed E-state index contributed by atoms with van der Waals surface area (Å²) in [7, 11) is 3.23. The van der Waals surface area contributed by atoms with E-state index in [1.165, 1.54) is 0 Å². The number of methoxy groups -OCH3 is 2. The van der Waals surface area contributed by atoms with Gasteiger partial charge in [-0.25, -0.2) is 9.97 Å². The first kappa shape index (κ1) is 18.3. The molecule has 7 nitrogen and oxygen atoms in total. The molecule has 26 heavy (non-hydrogen) atoms. The van der Waals surface area contributed by atoms with Crippen LogP contribution in [0, 0.1) is 0 Å². The van der Waals surface area contributed by atoms with Crippen LogP contribution in [0.1, 0.15) is 21.7 Å². The summed E-state index contributed by atoms with van der Waals surface area (Å²) in [5.41, 5.74) is 1.73. The third-order valence-electron chi connectivity index (χ3n) is 4.41. The van der Waals surface area contributed by atoms with E-state index in [0.717, 1.165) is 25.2 Å². The molecule has 0 atom stereocenters. The minimum Gasteiger partial charge on any atom is -0.497 e. The second-order valence-corrected chi connectivity index (χ2v) is 6.24. The van der Waals surface area contributed by atoms with Crippen molar-refractivity contribution in [2.45, 2.75) is 13.2 Å². The van der Waals surface area contributed by atoms with Crippen molar-refractivity contribution in [3.8, 4) is 5.75 Å². The van der Waals surface area contributed by atoms with E-state index in [9.17, 15) is 4.79 Å². The highest BCUT2D eigenvalue weighted by Gasteiger charge is 2.22. The summed E-state index contributed by atoms with van der Waals surface area (Å²) in [5, 5.41) is 0. The molecule has 0 N–H and O–H groups in total. The van der Waals surface area contributed by atoms with Crippen LogP contribution in [0.4, 0.5) is 0 Å². The molecule has 138 valence electrons. The predicted molar refractivity (Wildman–Crippen MR) is 96.9 cm³/mol. The van der Waals surface area contributed by atoms with E-state index >= 15 is 0 Å². The normalized spacial score (nSPS) is 15.1. The molecular weight excluding hydrogens is 332 g/mol. The Bertz CT molecular complexity index is 728. The molecule has 2 heterocycles. The Morgan fingerprint density at radius 2 is 1.85 bits per heavy atom. The van der Waals surface area contributed by atoms with Gasteiger partial charge in [0.2, 0.25) is 0 Å². The number of carbonyl (C=O) groups is 1. The summed E-state index contributed by atoms with van der Waals surface area (Å²) in [5.74, 6) is 1.44. The maximum atomic E-state index is 12.7. The zero-order valence-electron chi connectivity index (χ0n) is 15.2. The van der Waals surface area contributed by atoms with Crippen molar-refractivity contribution in [3.63, 3.8) is 0 Å². The van der Waals surface area contributed by atoms with Crippen LogP contribution in [0.15, 0.2) is 36.7 Å². The van der Waals surface area contributed by atoms with Crippen molar-refractivity contribution in [1.29, 1.82) is 0 Å². The molecule has 0 spiro atoms. The van der Waals surface area contributed by atoms with E-state index in [0.29, 0.717) is 36.8 Å². The fraction of sp³-hybridized carbons (Fsp3) is 0.421. The molecule has 0 saturated carbocycles. The lowest BCUT2D eigenvalue weighted by Crippen LogP contribution is -2.48. The Labute approximate surface area is 153 Å². The lowest BCUT2D eigenvalue weighted by molar-refractivity contribution is 0.0628. The first-order valence-corrected chi connectivity index (χ1v) is 8.64. The number of nitrogens with zero attached hydrogens (tertiary/aromatic N) is 4. The first-order valence-electron chi connectivity index (χ1n) is 8.64. The molecule has 3 rings (SSSR count). The maximum absolute atomic E-state index is 12.7. The second-order valence-electron chi connectivity index (χ2n) is 6.24. The van der Waals surface area contributed by atoms with E-state index in [4.69, 9.17) is 9.47 Å². The summed E-state index contributed by atoms with van der Waals surface area (Å²) in [6.07, 6.45) is 3.68. The maximum Gasteiger partial charge on any atom is 0.254 e. The molecule has 0 unspecified atom stereocenters. The number of hydrogen-bond donors (Lipinski definition) is 0. The summed E-state index contributed by atoms with van der Waals surface area (Å²) in [6, 6.07) is 7.30. The molecule has 1 aliphatic heterocycles. The number of aromatic nitrogens is 2. The van der Waals surface area contributed by atoms with Crippen LogP contribution in [0.5, 0.6) is 5.75 Å². The van der Waals surface area contributed by atoms with Crippen molar-refractivity contribution in [2.24, 2.45) is 0 Å². The molecule has 1 amide bonds. The standard InChI is InChI=1S/C19H24N4O3/c1-25-14-18-20-11-15(12-21-18)13-22-6-8-23(9-7-22)19(24)16-4-3-5-17(10-16)26-2/h3-5,10-12H,6-9,13-14H2,1-2H3. The van der Waals surface area contributed by atoms with Crippen LogP contribution in [0.25, 0.3) is 0 Å². The summed E-state index contributed by atoms with van der Waals surface area (Å²) in [4.78, 5) is 25.4. The van der Waals surface area contributed by atoms with Crippen molar-refractivity contribution in [1.82, 2.24) is 19.8 Å². The monoisotopic (exact) mass is 356 g/mol. The fourth-order valence-electron chi connectivity index (χ4n) is 2.97. The molecule has 1 fully saturated rings. The van der Waals surface area contributed by atoms with Crippen molar-refractivity contribution >= 4 is 5.91 Å². The fourth-order valence-corrected chi connectivity index (χ4v) is 2.97. The van der Waals surface area contributed by atoms with E-state index in [1.807, 2.05) is 35.5 Å². The Balaban J connectivity index is 1.52. The van der Waals surface area contributed by atoms with Gasteiger partial charge in [0.1, 0.15) is 12.4 Å². The molecule has 0 radical (unpaired) electrons. The van der Waals surface area contributed by atoms with Crippen LogP contribution < -0.4 is 4.74 Å². The van der Waals surface area contributed by atoms with Gasteiger partial charge in [-0.1, -0.05) is 6.07 Å². The lowest BCUT2D eigenvalue weighted by atomic mass is 10.1. The Hall–Kier alpha value is -2.51. The molecule has 0 aliphatic carbocycles. The number of hydrogen-bond acceptors (Lipinski definition) is 6. The van der Waals surface area contributed by atoms with Gasteiger partial charge in [0.25, 0.3) is 5.91 Å². The molecule has 0 bridgehead atoms. The smallest absolute Gasteiger partial charge is 0.254 e. The van der Waals surface area contributed by atoms with E-state index < -0.39 is 0 Å². The van der Waals surface area contributed by atoms with Gasteiger partial charge >= 0.3 is 0 Å². The van der Waals surface area contributed by atoms with Crippen molar-refractivity contribution in [3.05, 3.63) is 53.6 Å². The minimum atomic E-state index is 0.0517. The zero-order chi connectivity index (χ0) is 18.4. The number of carbonyl (C=O) groups excluding carboxylic acids is 1. The highest BCUT2D eigenvalue weighted by molar-refractivity contribution is 5.94. The third kappa shape index (κ3) is 4.56. The SMILES string of the molecule is COCc1ncc(CN2CCN(C(=O)c3cccc(OC)c3)CC2)cn1. The number of piperazine rings is 1. The number of amides is 1. The van der Waals surface area contributed by atoms with Crippen LogP contribution in [-0.2, 0) is 17.9 Å². The summed E-state index contributed by atoms with van der Waals surface area (Å²) < 4.78 is 10.2. The van der Waals surface area contributed by atoms with Gasteiger partial charge in [0.05, 0.1) is 7.11 Å². The van der Waals surface area contributed by atoms with Crippen LogP contribution in [0.2, 0.25) is 0 Å². The van der Waals surface area contributed by atoms with Crippen LogP contribution in [-0.4, -0.2) is 66.1 Å². The number of benzene rings is 1.